The van der Waals surface area contributed by atoms with Crippen LogP contribution in [0.2, 0.25) is 0 Å². The van der Waals surface area contributed by atoms with Gasteiger partial charge in [-0.25, -0.2) is 0 Å². The number of pyridine rings is 1. The van der Waals surface area contributed by atoms with Crippen LogP contribution in [-0.2, 0) is 0 Å². The molecule has 20 heavy (non-hydrogen) atoms. The van der Waals surface area contributed by atoms with Gasteiger partial charge in [-0.1, -0.05) is 18.1 Å². The van der Waals surface area contributed by atoms with E-state index in [9.17, 15) is 15.2 Å². The third kappa shape index (κ3) is 2.61. The first-order valence-electron chi connectivity index (χ1n) is 6.06. The molecule has 0 spiro atoms. The Kier molecular flexibility index (Phi) is 3.97. The molecule has 1 aliphatic carbocycles. The predicted molar refractivity (Wildman–Crippen MR) is 71.6 cm³/mol. The van der Waals surface area contributed by atoms with Gasteiger partial charge in [0.15, 0.2) is 0 Å². The molecule has 0 saturated carbocycles. The highest BCUT2D eigenvalue weighted by molar-refractivity contribution is 5.73. The molecule has 1 N–H and O–H groups in total. The Morgan fingerprint density at radius 3 is 3.05 bits per heavy atom. The minimum Gasteiger partial charge on any atom is -0.392 e. The minimum atomic E-state index is -0.782. The number of nitro groups is 1. The molecule has 0 aromatic carbocycles. The van der Waals surface area contributed by atoms with Gasteiger partial charge in [-0.15, -0.1) is 0 Å². The third-order valence-corrected chi connectivity index (χ3v) is 3.37. The topological polar surface area (TPSA) is 125 Å². The first kappa shape index (κ1) is 14.0. The van der Waals surface area contributed by atoms with Crippen LogP contribution in [0.5, 0.6) is 0 Å². The van der Waals surface area contributed by atoms with Crippen LogP contribution < -0.4 is 0 Å². The van der Waals surface area contributed by atoms with Crippen molar-refractivity contribution in [1.82, 2.24) is 4.98 Å². The van der Waals surface area contributed by atoms with E-state index >= 15 is 0 Å². The maximum absolute atomic E-state index is 11.0. The van der Waals surface area contributed by atoms with Gasteiger partial charge in [0.25, 0.3) is 5.69 Å². The van der Waals surface area contributed by atoms with Gasteiger partial charge >= 0.3 is 0 Å². The van der Waals surface area contributed by atoms with Crippen LogP contribution in [-0.4, -0.2) is 27.2 Å². The zero-order chi connectivity index (χ0) is 14.7. The van der Waals surface area contributed by atoms with E-state index in [1.165, 1.54) is 12.4 Å². The SMILES string of the molecule is C[C@@H]1CC(c2ccncc2[N+](=O)[O-])=C[C@@H](N=[N+]=[N-])[C@@H]1O. The summed E-state index contributed by atoms with van der Waals surface area (Å²) >= 11 is 0. The van der Waals surface area contributed by atoms with E-state index in [1.807, 2.05) is 6.92 Å². The Balaban J connectivity index is 2.49. The maximum Gasteiger partial charge on any atom is 0.294 e. The fourth-order valence-electron chi connectivity index (χ4n) is 2.34. The van der Waals surface area contributed by atoms with Crippen LogP contribution in [0.25, 0.3) is 16.0 Å². The molecule has 8 nitrogen and oxygen atoms in total. The average molecular weight is 275 g/mol. The van der Waals surface area contributed by atoms with Crippen molar-refractivity contribution in [2.24, 2.45) is 11.0 Å². The summed E-state index contributed by atoms with van der Waals surface area (Å²) in [5, 5.41) is 24.5. The van der Waals surface area contributed by atoms with Crippen molar-refractivity contribution in [3.05, 3.63) is 50.7 Å². The van der Waals surface area contributed by atoms with E-state index in [0.29, 0.717) is 17.6 Å². The van der Waals surface area contributed by atoms with E-state index < -0.39 is 17.1 Å². The third-order valence-electron chi connectivity index (χ3n) is 3.37. The zero-order valence-electron chi connectivity index (χ0n) is 10.7. The largest absolute Gasteiger partial charge is 0.392 e. The average Bonchev–Trinajstić information content (AvgIpc) is 2.43. The molecule has 0 saturated heterocycles. The maximum atomic E-state index is 11.0. The Hall–Kier alpha value is -2.44. The quantitative estimate of drug-likeness (QED) is 0.299. The molecule has 104 valence electrons. The first-order valence-corrected chi connectivity index (χ1v) is 6.06. The summed E-state index contributed by atoms with van der Waals surface area (Å²) in [6.45, 7) is 1.81. The number of rotatable bonds is 3. The Bertz CT molecular complexity index is 609. The highest BCUT2D eigenvalue weighted by Crippen LogP contribution is 2.35. The molecule has 1 aliphatic rings. The predicted octanol–water partition coefficient (Wildman–Crippen LogP) is 2.45. The number of aromatic nitrogens is 1. The van der Waals surface area contributed by atoms with Gasteiger partial charge in [0.05, 0.1) is 22.6 Å². The van der Waals surface area contributed by atoms with Crippen LogP contribution in [0.3, 0.4) is 0 Å². The van der Waals surface area contributed by atoms with E-state index in [4.69, 9.17) is 5.53 Å². The number of hydrogen-bond acceptors (Lipinski definition) is 5. The Labute approximate surface area is 114 Å². The molecule has 0 bridgehead atoms. The molecule has 8 heteroatoms. The van der Waals surface area contributed by atoms with Crippen molar-refractivity contribution in [2.45, 2.75) is 25.5 Å². The molecule has 0 unspecified atom stereocenters. The Morgan fingerprint density at radius 1 is 1.65 bits per heavy atom. The second kappa shape index (κ2) is 5.68. The summed E-state index contributed by atoms with van der Waals surface area (Å²) in [7, 11) is 0. The molecular formula is C12H13N5O3. The van der Waals surface area contributed by atoms with Crippen molar-refractivity contribution in [3.63, 3.8) is 0 Å². The molecular weight excluding hydrogens is 262 g/mol. The summed E-state index contributed by atoms with van der Waals surface area (Å²) in [5.41, 5.74) is 9.56. The van der Waals surface area contributed by atoms with E-state index in [0.717, 1.165) is 0 Å². The van der Waals surface area contributed by atoms with Crippen LogP contribution in [0.1, 0.15) is 18.9 Å². The van der Waals surface area contributed by atoms with E-state index in [1.54, 1.807) is 12.1 Å². The van der Waals surface area contributed by atoms with Gasteiger partial charge in [0.1, 0.15) is 6.20 Å². The van der Waals surface area contributed by atoms with Gasteiger partial charge in [-0.2, -0.15) is 0 Å². The standard InChI is InChI=1S/C12H13N5O3/c1-7-4-8(5-10(12(7)18)15-16-13)9-2-3-14-6-11(9)17(19)20/h2-3,5-7,10,12,18H,4H2,1H3/t7-,10-,12-/m1/s1. The van der Waals surface area contributed by atoms with Crippen LogP contribution in [0.4, 0.5) is 5.69 Å². The Morgan fingerprint density at radius 2 is 2.40 bits per heavy atom. The lowest BCUT2D eigenvalue weighted by molar-refractivity contribution is -0.385. The molecule has 3 atom stereocenters. The number of azide groups is 1. The summed E-state index contributed by atoms with van der Waals surface area (Å²) in [4.78, 5) is 17.0. The van der Waals surface area contributed by atoms with Crippen molar-refractivity contribution < 1.29 is 10.0 Å². The smallest absolute Gasteiger partial charge is 0.294 e. The van der Waals surface area contributed by atoms with Crippen molar-refractivity contribution >= 4 is 11.3 Å². The number of hydrogen-bond donors (Lipinski definition) is 1. The number of allylic oxidation sites excluding steroid dienone is 1. The summed E-state index contributed by atoms with van der Waals surface area (Å²) in [6, 6.07) is 0.841. The van der Waals surface area contributed by atoms with E-state index in [2.05, 4.69) is 15.0 Å². The molecule has 0 aliphatic heterocycles. The molecule has 1 aromatic rings. The number of aliphatic hydroxyl groups is 1. The van der Waals surface area contributed by atoms with Crippen molar-refractivity contribution in [3.8, 4) is 0 Å². The first-order chi connectivity index (χ1) is 9.54. The van der Waals surface area contributed by atoms with Gasteiger partial charge in [-0.3, -0.25) is 15.1 Å². The molecule has 0 radical (unpaired) electrons. The zero-order valence-corrected chi connectivity index (χ0v) is 10.7. The van der Waals surface area contributed by atoms with Crippen LogP contribution in [0, 0.1) is 16.0 Å². The summed E-state index contributed by atoms with van der Waals surface area (Å²) in [5.74, 6) is -0.154. The van der Waals surface area contributed by atoms with Gasteiger partial charge in [0.2, 0.25) is 0 Å². The number of nitrogens with zero attached hydrogens (tertiary/aromatic N) is 5. The van der Waals surface area contributed by atoms with Crippen molar-refractivity contribution in [1.29, 1.82) is 0 Å². The summed E-state index contributed by atoms with van der Waals surface area (Å²) < 4.78 is 0. The van der Waals surface area contributed by atoms with Gasteiger partial charge < -0.3 is 5.11 Å². The molecule has 0 fully saturated rings. The summed E-state index contributed by atoms with van der Waals surface area (Å²) in [6.07, 6.45) is 3.95. The van der Waals surface area contributed by atoms with Crippen molar-refractivity contribution in [2.75, 3.05) is 0 Å². The second-order valence-corrected chi connectivity index (χ2v) is 4.71. The molecule has 1 heterocycles. The van der Waals surface area contributed by atoms with Gasteiger partial charge in [-0.05, 0) is 29.5 Å². The second-order valence-electron chi connectivity index (χ2n) is 4.71. The normalized spacial score (nSPS) is 25.5. The molecule has 2 rings (SSSR count). The highest BCUT2D eigenvalue weighted by Gasteiger charge is 2.30. The lowest BCUT2D eigenvalue weighted by Gasteiger charge is -2.29. The molecule has 1 aromatic heterocycles. The number of aliphatic hydroxyl groups excluding tert-OH is 1. The van der Waals surface area contributed by atoms with Crippen LogP contribution in [0.15, 0.2) is 29.7 Å². The lowest BCUT2D eigenvalue weighted by Crippen LogP contribution is -2.33. The van der Waals surface area contributed by atoms with E-state index in [-0.39, 0.29) is 11.6 Å². The lowest BCUT2D eigenvalue weighted by atomic mass is 9.82. The minimum absolute atomic E-state index is 0.0953. The fraction of sp³-hybridized carbons (Fsp3) is 0.417. The molecule has 0 amide bonds. The highest BCUT2D eigenvalue weighted by atomic mass is 16.6. The van der Waals surface area contributed by atoms with Crippen LogP contribution >= 0.6 is 0 Å². The fourth-order valence-corrected chi connectivity index (χ4v) is 2.34. The van der Waals surface area contributed by atoms with Gasteiger partial charge in [0, 0.05) is 11.1 Å². The monoisotopic (exact) mass is 275 g/mol.